The molecule has 136 valence electrons. The first-order chi connectivity index (χ1) is 12.7. The Hall–Kier alpha value is -2.13. The maximum atomic E-state index is 12.4. The van der Waals surface area contributed by atoms with Gasteiger partial charge in [0.25, 0.3) is 0 Å². The zero-order valence-corrected chi connectivity index (χ0v) is 16.1. The van der Waals surface area contributed by atoms with Gasteiger partial charge in [-0.15, -0.1) is 21.5 Å². The second-order valence-electron chi connectivity index (χ2n) is 6.28. The van der Waals surface area contributed by atoms with Crippen LogP contribution in [0.25, 0.3) is 10.7 Å². The molecule has 3 aromatic heterocycles. The van der Waals surface area contributed by atoms with Crippen LogP contribution in [0.2, 0.25) is 0 Å². The van der Waals surface area contributed by atoms with Gasteiger partial charge in [0.05, 0.1) is 22.9 Å². The number of nitrogens with zero attached hydrogens (tertiary/aromatic N) is 5. The van der Waals surface area contributed by atoms with Gasteiger partial charge in [0.15, 0.2) is 11.0 Å². The minimum atomic E-state index is -0.0598. The Kier molecular flexibility index (Phi) is 5.07. The van der Waals surface area contributed by atoms with Crippen molar-refractivity contribution in [3.05, 3.63) is 29.8 Å². The fraction of sp³-hybridized carbons (Fsp3) is 0.412. The number of thiophene rings is 1. The Bertz CT molecular complexity index is 879. The van der Waals surface area contributed by atoms with Crippen LogP contribution in [0, 0.1) is 0 Å². The highest BCUT2D eigenvalue weighted by atomic mass is 32.2. The lowest BCUT2D eigenvalue weighted by Crippen LogP contribution is -2.19. The molecule has 4 rings (SSSR count). The quantitative estimate of drug-likeness (QED) is 0.653. The number of carbonyl (C=O) groups excluding carboxylic acids is 1. The van der Waals surface area contributed by atoms with Gasteiger partial charge in [-0.25, -0.2) is 4.68 Å². The lowest BCUT2D eigenvalue weighted by molar-refractivity contribution is -0.113. The number of amides is 1. The summed E-state index contributed by atoms with van der Waals surface area (Å²) < 4.78 is 3.87. The fourth-order valence-electron chi connectivity index (χ4n) is 3.22. The number of anilines is 1. The lowest BCUT2D eigenvalue weighted by atomic mass is 10.2. The third-order valence-electron chi connectivity index (χ3n) is 4.52. The van der Waals surface area contributed by atoms with Crippen molar-refractivity contribution in [3.8, 4) is 10.7 Å². The number of aromatic nitrogens is 5. The standard InChI is InChI=1S/C17H20N6OS2/c1-22-16(13-7-4-10-25-13)20-21-17(22)26-11-15(24)19-14-8-9-18-23(14)12-5-2-3-6-12/h4,7-10,12H,2-3,5-6,11H2,1H3,(H,19,24). The SMILES string of the molecule is Cn1c(SCC(=O)Nc2ccnn2C2CCCC2)nnc1-c1cccs1. The maximum absolute atomic E-state index is 12.4. The monoisotopic (exact) mass is 388 g/mol. The highest BCUT2D eigenvalue weighted by Crippen LogP contribution is 2.31. The van der Waals surface area contributed by atoms with Crippen molar-refractivity contribution >= 4 is 34.8 Å². The zero-order chi connectivity index (χ0) is 17.9. The molecule has 0 saturated heterocycles. The summed E-state index contributed by atoms with van der Waals surface area (Å²) in [5, 5.41) is 18.5. The fourth-order valence-corrected chi connectivity index (χ4v) is 4.68. The van der Waals surface area contributed by atoms with E-state index >= 15 is 0 Å². The zero-order valence-electron chi connectivity index (χ0n) is 14.5. The predicted molar refractivity (Wildman–Crippen MR) is 103 cm³/mol. The van der Waals surface area contributed by atoms with Gasteiger partial charge in [0.2, 0.25) is 5.91 Å². The summed E-state index contributed by atoms with van der Waals surface area (Å²) in [4.78, 5) is 13.4. The Morgan fingerprint density at radius 2 is 2.19 bits per heavy atom. The molecule has 1 aliphatic carbocycles. The number of thioether (sulfide) groups is 1. The Morgan fingerprint density at radius 3 is 2.96 bits per heavy atom. The van der Waals surface area contributed by atoms with Crippen LogP contribution in [0.4, 0.5) is 5.82 Å². The molecule has 0 radical (unpaired) electrons. The number of nitrogens with one attached hydrogen (secondary N) is 1. The van der Waals surface area contributed by atoms with Crippen molar-refractivity contribution in [2.24, 2.45) is 7.05 Å². The van der Waals surface area contributed by atoms with Crippen LogP contribution in [0.3, 0.4) is 0 Å². The third kappa shape index (κ3) is 3.54. The van der Waals surface area contributed by atoms with E-state index in [9.17, 15) is 4.79 Å². The van der Waals surface area contributed by atoms with Crippen LogP contribution in [-0.4, -0.2) is 36.2 Å². The number of hydrogen-bond donors (Lipinski definition) is 1. The molecule has 0 spiro atoms. The minimum absolute atomic E-state index is 0.0598. The lowest BCUT2D eigenvalue weighted by Gasteiger charge is -2.14. The van der Waals surface area contributed by atoms with E-state index in [1.54, 1.807) is 17.5 Å². The van der Waals surface area contributed by atoms with E-state index < -0.39 is 0 Å². The molecule has 1 aliphatic rings. The van der Waals surface area contributed by atoms with E-state index in [2.05, 4.69) is 20.6 Å². The Balaban J connectivity index is 1.37. The predicted octanol–water partition coefficient (Wildman–Crippen LogP) is 3.59. The average Bonchev–Trinajstić information content (AvgIpc) is 3.41. The second kappa shape index (κ2) is 7.63. The normalized spacial score (nSPS) is 14.8. The molecule has 1 amide bonds. The van der Waals surface area contributed by atoms with E-state index in [0.717, 1.165) is 34.5 Å². The van der Waals surface area contributed by atoms with E-state index in [-0.39, 0.29) is 11.7 Å². The third-order valence-corrected chi connectivity index (χ3v) is 6.40. The summed E-state index contributed by atoms with van der Waals surface area (Å²) in [5.41, 5.74) is 0. The van der Waals surface area contributed by atoms with Gasteiger partial charge in [0, 0.05) is 13.1 Å². The molecule has 1 fully saturated rings. The maximum Gasteiger partial charge on any atom is 0.235 e. The van der Waals surface area contributed by atoms with Gasteiger partial charge in [-0.05, 0) is 24.3 Å². The molecule has 1 saturated carbocycles. The molecule has 0 atom stereocenters. The Labute approximate surface area is 159 Å². The van der Waals surface area contributed by atoms with Crippen LogP contribution in [0.5, 0.6) is 0 Å². The van der Waals surface area contributed by atoms with Crippen LogP contribution in [0.1, 0.15) is 31.7 Å². The summed E-state index contributed by atoms with van der Waals surface area (Å²) in [6.45, 7) is 0. The molecule has 9 heteroatoms. The molecule has 3 heterocycles. The summed E-state index contributed by atoms with van der Waals surface area (Å²) >= 11 is 3.01. The first-order valence-corrected chi connectivity index (χ1v) is 10.5. The average molecular weight is 389 g/mol. The van der Waals surface area contributed by atoms with Gasteiger partial charge in [0.1, 0.15) is 5.82 Å². The Morgan fingerprint density at radius 1 is 1.35 bits per heavy atom. The number of carbonyl (C=O) groups is 1. The van der Waals surface area contributed by atoms with Crippen LogP contribution in [0.15, 0.2) is 34.9 Å². The largest absolute Gasteiger partial charge is 0.310 e. The van der Waals surface area contributed by atoms with Crippen molar-refractivity contribution in [1.29, 1.82) is 0 Å². The first-order valence-electron chi connectivity index (χ1n) is 8.62. The van der Waals surface area contributed by atoms with Gasteiger partial charge in [-0.3, -0.25) is 4.79 Å². The summed E-state index contributed by atoms with van der Waals surface area (Å²) in [6.07, 6.45) is 6.46. The van der Waals surface area contributed by atoms with Gasteiger partial charge in [-0.1, -0.05) is 30.7 Å². The molecule has 0 aromatic carbocycles. The molecule has 26 heavy (non-hydrogen) atoms. The molecule has 0 unspecified atom stereocenters. The van der Waals surface area contributed by atoms with Gasteiger partial charge >= 0.3 is 0 Å². The van der Waals surface area contributed by atoms with Crippen molar-refractivity contribution < 1.29 is 4.79 Å². The topological polar surface area (TPSA) is 77.6 Å². The minimum Gasteiger partial charge on any atom is -0.310 e. The molecule has 1 N–H and O–H groups in total. The number of rotatable bonds is 6. The molecular weight excluding hydrogens is 368 g/mol. The summed E-state index contributed by atoms with van der Waals surface area (Å²) in [7, 11) is 1.92. The van der Waals surface area contributed by atoms with Crippen molar-refractivity contribution in [3.63, 3.8) is 0 Å². The van der Waals surface area contributed by atoms with Gasteiger partial charge < -0.3 is 9.88 Å². The van der Waals surface area contributed by atoms with Crippen LogP contribution < -0.4 is 5.32 Å². The molecule has 7 nitrogen and oxygen atoms in total. The summed E-state index contributed by atoms with van der Waals surface area (Å²) in [6, 6.07) is 6.26. The highest BCUT2D eigenvalue weighted by Gasteiger charge is 2.21. The smallest absolute Gasteiger partial charge is 0.235 e. The second-order valence-corrected chi connectivity index (χ2v) is 8.17. The van der Waals surface area contributed by atoms with E-state index in [1.165, 1.54) is 24.6 Å². The van der Waals surface area contributed by atoms with Crippen LogP contribution >= 0.6 is 23.1 Å². The number of hydrogen-bond acceptors (Lipinski definition) is 6. The molecule has 3 aromatic rings. The van der Waals surface area contributed by atoms with E-state index in [4.69, 9.17) is 0 Å². The first kappa shape index (κ1) is 17.3. The molecule has 0 bridgehead atoms. The van der Waals surface area contributed by atoms with E-state index in [1.807, 2.05) is 39.9 Å². The van der Waals surface area contributed by atoms with Crippen molar-refractivity contribution in [2.45, 2.75) is 36.9 Å². The highest BCUT2D eigenvalue weighted by molar-refractivity contribution is 7.99. The van der Waals surface area contributed by atoms with Crippen molar-refractivity contribution in [1.82, 2.24) is 24.5 Å². The molecular formula is C17H20N6OS2. The van der Waals surface area contributed by atoms with Crippen molar-refractivity contribution in [2.75, 3.05) is 11.1 Å². The molecule has 0 aliphatic heterocycles. The van der Waals surface area contributed by atoms with E-state index in [0.29, 0.717) is 6.04 Å². The van der Waals surface area contributed by atoms with Gasteiger partial charge in [-0.2, -0.15) is 5.10 Å². The van der Waals surface area contributed by atoms with Crippen LogP contribution in [-0.2, 0) is 11.8 Å². The summed E-state index contributed by atoms with van der Waals surface area (Å²) in [5.74, 6) is 1.82.